The van der Waals surface area contributed by atoms with Crippen LogP contribution in [0.1, 0.15) is 17.4 Å². The van der Waals surface area contributed by atoms with Crippen molar-refractivity contribution in [2.24, 2.45) is 5.41 Å². The molecule has 0 saturated heterocycles. The highest BCUT2D eigenvalue weighted by atomic mass is 16.5. The highest BCUT2D eigenvalue weighted by Crippen LogP contribution is 2.42. The number of hydrogen-bond acceptors (Lipinski definition) is 4. The van der Waals surface area contributed by atoms with Gasteiger partial charge in [-0.2, -0.15) is 5.26 Å². The molecule has 0 aliphatic carbocycles. The first kappa shape index (κ1) is 12.6. The van der Waals surface area contributed by atoms with Gasteiger partial charge in [0.15, 0.2) is 0 Å². The van der Waals surface area contributed by atoms with Crippen molar-refractivity contribution in [3.05, 3.63) is 59.9 Å². The number of ether oxygens (including phenoxy) is 1. The van der Waals surface area contributed by atoms with Gasteiger partial charge in [0.2, 0.25) is 0 Å². The minimum absolute atomic E-state index is 0.165. The normalized spacial score (nSPS) is 22.2. The fourth-order valence-corrected chi connectivity index (χ4v) is 2.52. The Morgan fingerprint density at radius 1 is 1.25 bits per heavy atom. The van der Waals surface area contributed by atoms with Crippen LogP contribution in [0.2, 0.25) is 0 Å². The molecule has 2 atom stereocenters. The van der Waals surface area contributed by atoms with E-state index in [1.54, 1.807) is 24.4 Å². The Hall–Kier alpha value is -2.38. The number of fused-ring (bicyclic) bond motifs is 1. The van der Waals surface area contributed by atoms with E-state index in [-0.39, 0.29) is 6.61 Å². The average molecular weight is 266 g/mol. The van der Waals surface area contributed by atoms with Gasteiger partial charge in [0.05, 0.1) is 11.8 Å². The van der Waals surface area contributed by atoms with E-state index in [4.69, 9.17) is 4.74 Å². The number of para-hydroxylation sites is 1. The SMILES string of the molecule is N#CC1(C(O)c2ccccn2)COc2ccccc2C1. The van der Waals surface area contributed by atoms with Crippen molar-refractivity contribution in [2.45, 2.75) is 12.5 Å². The molecule has 0 saturated carbocycles. The molecular weight excluding hydrogens is 252 g/mol. The van der Waals surface area contributed by atoms with Gasteiger partial charge in [0, 0.05) is 12.6 Å². The molecule has 3 rings (SSSR count). The van der Waals surface area contributed by atoms with E-state index in [1.807, 2.05) is 24.3 Å². The molecular formula is C16H14N2O2. The molecule has 1 aromatic heterocycles. The number of aliphatic hydroxyl groups is 1. The van der Waals surface area contributed by atoms with Crippen molar-refractivity contribution in [2.75, 3.05) is 6.61 Å². The largest absolute Gasteiger partial charge is 0.492 e. The fourth-order valence-electron chi connectivity index (χ4n) is 2.52. The van der Waals surface area contributed by atoms with Crippen molar-refractivity contribution < 1.29 is 9.84 Å². The van der Waals surface area contributed by atoms with E-state index < -0.39 is 11.5 Å². The Labute approximate surface area is 117 Å². The third-order valence-corrected chi connectivity index (χ3v) is 3.68. The van der Waals surface area contributed by atoms with Gasteiger partial charge >= 0.3 is 0 Å². The van der Waals surface area contributed by atoms with Gasteiger partial charge in [-0.1, -0.05) is 24.3 Å². The van der Waals surface area contributed by atoms with E-state index in [0.717, 1.165) is 11.3 Å². The summed E-state index contributed by atoms with van der Waals surface area (Å²) in [5, 5.41) is 20.1. The minimum Gasteiger partial charge on any atom is -0.492 e. The van der Waals surface area contributed by atoms with Crippen molar-refractivity contribution >= 4 is 0 Å². The number of nitriles is 1. The Morgan fingerprint density at radius 3 is 2.80 bits per heavy atom. The number of rotatable bonds is 2. The van der Waals surface area contributed by atoms with Crippen LogP contribution < -0.4 is 4.74 Å². The number of pyridine rings is 1. The summed E-state index contributed by atoms with van der Waals surface area (Å²) in [5.74, 6) is 0.784. The van der Waals surface area contributed by atoms with Crippen LogP contribution in [0.3, 0.4) is 0 Å². The van der Waals surface area contributed by atoms with E-state index >= 15 is 0 Å². The molecule has 1 aliphatic rings. The molecule has 1 aromatic carbocycles. The summed E-state index contributed by atoms with van der Waals surface area (Å²) in [5.41, 5.74) is 0.440. The molecule has 1 aliphatic heterocycles. The fraction of sp³-hybridized carbons (Fsp3) is 0.250. The first-order valence-electron chi connectivity index (χ1n) is 6.46. The molecule has 20 heavy (non-hydrogen) atoms. The van der Waals surface area contributed by atoms with Crippen LogP contribution in [-0.4, -0.2) is 16.7 Å². The van der Waals surface area contributed by atoms with E-state index in [9.17, 15) is 10.4 Å². The maximum atomic E-state index is 10.6. The van der Waals surface area contributed by atoms with Gasteiger partial charge in [-0.15, -0.1) is 0 Å². The van der Waals surface area contributed by atoms with E-state index in [2.05, 4.69) is 11.1 Å². The van der Waals surface area contributed by atoms with Crippen LogP contribution in [0.4, 0.5) is 0 Å². The van der Waals surface area contributed by atoms with Crippen LogP contribution >= 0.6 is 0 Å². The van der Waals surface area contributed by atoms with Gasteiger partial charge in [-0.25, -0.2) is 0 Å². The zero-order valence-corrected chi connectivity index (χ0v) is 10.9. The second-order valence-corrected chi connectivity index (χ2v) is 5.00. The molecule has 4 heteroatoms. The molecule has 0 fully saturated rings. The molecule has 2 aromatic rings. The summed E-state index contributed by atoms with van der Waals surface area (Å²) in [6.45, 7) is 0.165. The third kappa shape index (κ3) is 2.02. The van der Waals surface area contributed by atoms with Crippen LogP contribution in [0.5, 0.6) is 5.75 Å². The number of aliphatic hydroxyl groups excluding tert-OH is 1. The van der Waals surface area contributed by atoms with Crippen LogP contribution in [0.15, 0.2) is 48.7 Å². The molecule has 2 unspecified atom stereocenters. The number of hydrogen-bond donors (Lipinski definition) is 1. The Balaban J connectivity index is 1.97. The molecule has 2 heterocycles. The molecule has 0 bridgehead atoms. The van der Waals surface area contributed by atoms with Crippen LogP contribution in [0.25, 0.3) is 0 Å². The van der Waals surface area contributed by atoms with Gasteiger partial charge in [0.25, 0.3) is 0 Å². The zero-order valence-electron chi connectivity index (χ0n) is 10.9. The van der Waals surface area contributed by atoms with Crippen LogP contribution in [-0.2, 0) is 6.42 Å². The summed E-state index contributed by atoms with van der Waals surface area (Å²) in [6, 6.07) is 15.2. The maximum Gasteiger partial charge on any atom is 0.127 e. The summed E-state index contributed by atoms with van der Waals surface area (Å²) in [4.78, 5) is 4.15. The number of benzene rings is 1. The summed E-state index contributed by atoms with van der Waals surface area (Å²) >= 11 is 0. The summed E-state index contributed by atoms with van der Waals surface area (Å²) in [6.07, 6.45) is 1.10. The second kappa shape index (κ2) is 4.95. The summed E-state index contributed by atoms with van der Waals surface area (Å²) in [7, 11) is 0. The minimum atomic E-state index is -0.997. The molecule has 100 valence electrons. The van der Waals surface area contributed by atoms with E-state index in [0.29, 0.717) is 12.1 Å². The quantitative estimate of drug-likeness (QED) is 0.905. The molecule has 4 nitrogen and oxygen atoms in total. The highest BCUT2D eigenvalue weighted by Gasteiger charge is 2.44. The summed E-state index contributed by atoms with van der Waals surface area (Å²) < 4.78 is 5.66. The Morgan fingerprint density at radius 2 is 2.05 bits per heavy atom. The molecule has 0 spiro atoms. The Kier molecular flexibility index (Phi) is 3.13. The monoisotopic (exact) mass is 266 g/mol. The topological polar surface area (TPSA) is 66.1 Å². The van der Waals surface area contributed by atoms with Crippen molar-refractivity contribution in [3.8, 4) is 11.8 Å². The first-order valence-corrected chi connectivity index (χ1v) is 6.46. The van der Waals surface area contributed by atoms with Gasteiger partial charge in [-0.05, 0) is 23.8 Å². The van der Waals surface area contributed by atoms with Crippen molar-refractivity contribution in [1.29, 1.82) is 5.26 Å². The van der Waals surface area contributed by atoms with Gasteiger partial charge < -0.3 is 9.84 Å². The number of aromatic nitrogens is 1. The highest BCUT2D eigenvalue weighted by molar-refractivity contribution is 5.38. The average Bonchev–Trinajstić information content (AvgIpc) is 2.54. The standard InChI is InChI=1S/C16H14N2O2/c17-10-16(15(19)13-6-3-4-8-18-13)9-12-5-1-2-7-14(12)20-11-16/h1-8,15,19H,9,11H2. The van der Waals surface area contributed by atoms with Gasteiger partial charge in [0.1, 0.15) is 23.9 Å². The maximum absolute atomic E-state index is 10.6. The second-order valence-electron chi connectivity index (χ2n) is 5.00. The predicted molar refractivity (Wildman–Crippen MR) is 72.9 cm³/mol. The van der Waals surface area contributed by atoms with Crippen molar-refractivity contribution in [1.82, 2.24) is 4.98 Å². The predicted octanol–water partition coefficient (Wildman–Crippen LogP) is 2.26. The lowest BCUT2D eigenvalue weighted by molar-refractivity contribution is 0.0145. The molecule has 0 amide bonds. The first-order chi connectivity index (χ1) is 9.75. The zero-order chi connectivity index (χ0) is 14.0. The lowest BCUT2D eigenvalue weighted by Crippen LogP contribution is -2.39. The van der Waals surface area contributed by atoms with E-state index in [1.165, 1.54) is 0 Å². The lowest BCUT2D eigenvalue weighted by atomic mass is 9.75. The Bertz CT molecular complexity index is 651. The lowest BCUT2D eigenvalue weighted by Gasteiger charge is -2.35. The smallest absolute Gasteiger partial charge is 0.127 e. The number of nitrogens with zero attached hydrogens (tertiary/aromatic N) is 2. The molecule has 1 N–H and O–H groups in total. The van der Waals surface area contributed by atoms with Gasteiger partial charge in [-0.3, -0.25) is 4.98 Å². The molecule has 0 radical (unpaired) electrons. The van der Waals surface area contributed by atoms with Crippen LogP contribution in [0, 0.1) is 16.7 Å². The third-order valence-electron chi connectivity index (χ3n) is 3.68. The van der Waals surface area contributed by atoms with Crippen molar-refractivity contribution in [3.63, 3.8) is 0 Å².